The van der Waals surface area contributed by atoms with E-state index in [1.165, 1.54) is 4.88 Å². The van der Waals surface area contributed by atoms with Gasteiger partial charge in [-0.05, 0) is 23.6 Å². The molecule has 1 N–H and O–H groups in total. The van der Waals surface area contributed by atoms with Crippen LogP contribution < -0.4 is 5.32 Å². The van der Waals surface area contributed by atoms with Crippen LogP contribution in [0, 0.1) is 0 Å². The molecule has 2 aliphatic heterocycles. The Hall–Kier alpha value is -2.42. The zero-order valence-corrected chi connectivity index (χ0v) is 17.2. The number of urea groups is 1. The molecule has 0 spiro atoms. The van der Waals surface area contributed by atoms with E-state index in [-0.39, 0.29) is 11.9 Å². The van der Waals surface area contributed by atoms with Crippen LogP contribution in [0.4, 0.5) is 10.5 Å². The van der Waals surface area contributed by atoms with Gasteiger partial charge in [0.2, 0.25) is 0 Å². The summed E-state index contributed by atoms with van der Waals surface area (Å²) in [4.78, 5) is 33.0. The van der Waals surface area contributed by atoms with E-state index in [1.807, 2.05) is 17.0 Å². The minimum atomic E-state index is -0.150. The minimum Gasteiger partial charge on any atom is -0.378 e. The third-order valence-electron chi connectivity index (χ3n) is 5.32. The zero-order chi connectivity index (χ0) is 20.1. The van der Waals surface area contributed by atoms with Gasteiger partial charge >= 0.3 is 6.03 Å². The van der Waals surface area contributed by atoms with E-state index in [0.29, 0.717) is 50.6 Å². The summed E-state index contributed by atoms with van der Waals surface area (Å²) in [7, 11) is 0. The van der Waals surface area contributed by atoms with Gasteiger partial charge in [-0.1, -0.05) is 18.2 Å². The molecule has 2 aromatic rings. The monoisotopic (exact) mass is 414 g/mol. The number of thiophene rings is 1. The molecule has 1 aromatic heterocycles. The molecule has 0 atom stereocenters. The second-order valence-electron chi connectivity index (χ2n) is 7.22. The van der Waals surface area contributed by atoms with Crippen LogP contribution in [0.3, 0.4) is 0 Å². The van der Waals surface area contributed by atoms with Gasteiger partial charge in [-0.25, -0.2) is 4.79 Å². The molecule has 2 saturated heterocycles. The lowest BCUT2D eigenvalue weighted by Crippen LogP contribution is -2.49. The molecule has 1 aromatic carbocycles. The highest BCUT2D eigenvalue weighted by Gasteiger charge is 2.24. The Morgan fingerprint density at radius 2 is 1.69 bits per heavy atom. The smallest absolute Gasteiger partial charge is 0.321 e. The predicted molar refractivity (Wildman–Crippen MR) is 113 cm³/mol. The number of hydrogen-bond donors (Lipinski definition) is 1. The fraction of sp³-hybridized carbons (Fsp3) is 0.429. The van der Waals surface area contributed by atoms with Gasteiger partial charge in [-0.3, -0.25) is 9.69 Å². The number of nitrogens with one attached hydrogen (secondary N) is 1. The molecular formula is C21H26N4O3S. The van der Waals surface area contributed by atoms with Crippen LogP contribution in [0.15, 0.2) is 41.8 Å². The summed E-state index contributed by atoms with van der Waals surface area (Å²) in [6.45, 7) is 6.24. The fourth-order valence-electron chi connectivity index (χ4n) is 3.64. The molecule has 0 bridgehead atoms. The molecule has 29 heavy (non-hydrogen) atoms. The maximum atomic E-state index is 12.9. The lowest BCUT2D eigenvalue weighted by molar-refractivity contribution is 0.0303. The number of piperazine rings is 1. The number of carbonyl (C=O) groups is 2. The molecule has 4 rings (SSSR count). The van der Waals surface area contributed by atoms with E-state index in [9.17, 15) is 9.59 Å². The molecule has 2 aliphatic rings. The van der Waals surface area contributed by atoms with Crippen molar-refractivity contribution >= 4 is 29.0 Å². The van der Waals surface area contributed by atoms with Gasteiger partial charge in [0.25, 0.3) is 5.91 Å². The molecule has 154 valence electrons. The van der Waals surface area contributed by atoms with Gasteiger partial charge in [0.1, 0.15) is 0 Å². The number of rotatable bonds is 4. The second kappa shape index (κ2) is 9.39. The van der Waals surface area contributed by atoms with Gasteiger partial charge in [0.15, 0.2) is 0 Å². The average molecular weight is 415 g/mol. The third kappa shape index (κ3) is 4.95. The molecular weight excluding hydrogens is 388 g/mol. The molecule has 0 aliphatic carbocycles. The molecule has 0 radical (unpaired) electrons. The molecule has 2 fully saturated rings. The summed E-state index contributed by atoms with van der Waals surface area (Å²) in [5, 5.41) is 5.04. The van der Waals surface area contributed by atoms with Crippen LogP contribution in [0.1, 0.15) is 15.2 Å². The second-order valence-corrected chi connectivity index (χ2v) is 8.26. The van der Waals surface area contributed by atoms with Gasteiger partial charge in [0, 0.05) is 50.7 Å². The summed E-state index contributed by atoms with van der Waals surface area (Å²) in [5.41, 5.74) is 1.09. The fourth-order valence-corrected chi connectivity index (χ4v) is 4.39. The summed E-state index contributed by atoms with van der Waals surface area (Å²) < 4.78 is 5.33. The highest BCUT2D eigenvalue weighted by Crippen LogP contribution is 2.19. The van der Waals surface area contributed by atoms with Crippen molar-refractivity contribution in [1.82, 2.24) is 14.7 Å². The van der Waals surface area contributed by atoms with Crippen molar-refractivity contribution in [2.75, 3.05) is 57.8 Å². The van der Waals surface area contributed by atoms with E-state index >= 15 is 0 Å². The number of para-hydroxylation sites is 1. The van der Waals surface area contributed by atoms with E-state index in [1.54, 1.807) is 28.4 Å². The van der Waals surface area contributed by atoms with Crippen LogP contribution in [-0.2, 0) is 11.3 Å². The number of ether oxygens (including phenoxy) is 1. The van der Waals surface area contributed by atoms with Crippen LogP contribution in [0.25, 0.3) is 0 Å². The Morgan fingerprint density at radius 3 is 2.41 bits per heavy atom. The summed E-state index contributed by atoms with van der Waals surface area (Å²) in [6, 6.07) is 11.3. The Balaban J connectivity index is 1.35. The van der Waals surface area contributed by atoms with Gasteiger partial charge in [-0.15, -0.1) is 11.3 Å². The van der Waals surface area contributed by atoms with Crippen LogP contribution in [0.5, 0.6) is 0 Å². The number of morpholine rings is 1. The first-order chi connectivity index (χ1) is 14.2. The first kappa shape index (κ1) is 19.9. The molecule has 0 saturated carbocycles. The predicted octanol–water partition coefficient (Wildman–Crippen LogP) is 2.57. The molecule has 3 amide bonds. The van der Waals surface area contributed by atoms with E-state index < -0.39 is 0 Å². The summed E-state index contributed by atoms with van der Waals surface area (Å²) in [6.07, 6.45) is 0. The number of amides is 3. The number of nitrogens with zero attached hydrogens (tertiary/aromatic N) is 3. The van der Waals surface area contributed by atoms with Crippen molar-refractivity contribution in [2.45, 2.75) is 6.54 Å². The van der Waals surface area contributed by atoms with Crippen molar-refractivity contribution in [2.24, 2.45) is 0 Å². The van der Waals surface area contributed by atoms with Gasteiger partial charge < -0.3 is 19.9 Å². The Labute approximate surface area is 174 Å². The van der Waals surface area contributed by atoms with Crippen LogP contribution >= 0.6 is 11.3 Å². The van der Waals surface area contributed by atoms with Crippen molar-refractivity contribution in [3.63, 3.8) is 0 Å². The quantitative estimate of drug-likeness (QED) is 0.835. The van der Waals surface area contributed by atoms with Crippen molar-refractivity contribution in [1.29, 1.82) is 0 Å². The van der Waals surface area contributed by atoms with Gasteiger partial charge in [-0.2, -0.15) is 0 Å². The Morgan fingerprint density at radius 1 is 0.931 bits per heavy atom. The summed E-state index contributed by atoms with van der Waals surface area (Å²) >= 11 is 1.76. The van der Waals surface area contributed by atoms with Gasteiger partial charge in [0.05, 0.1) is 24.5 Å². The highest BCUT2D eigenvalue weighted by atomic mass is 32.1. The minimum absolute atomic E-state index is 0.0648. The SMILES string of the molecule is O=C(Nc1ccccc1C(=O)N1CCOCC1)N1CCN(Cc2cccs2)CC1. The first-order valence-electron chi connectivity index (χ1n) is 9.97. The van der Waals surface area contributed by atoms with E-state index in [0.717, 1.165) is 19.6 Å². The number of benzene rings is 1. The number of hydrogen-bond acceptors (Lipinski definition) is 5. The maximum Gasteiger partial charge on any atom is 0.321 e. The molecule has 8 heteroatoms. The lowest BCUT2D eigenvalue weighted by Gasteiger charge is -2.34. The Kier molecular flexibility index (Phi) is 6.43. The van der Waals surface area contributed by atoms with E-state index in [4.69, 9.17) is 4.74 Å². The first-order valence-corrected chi connectivity index (χ1v) is 10.9. The molecule has 3 heterocycles. The normalized spacial score (nSPS) is 17.9. The molecule has 0 unspecified atom stereocenters. The standard InChI is InChI=1S/C21H26N4O3S/c26-20(24-11-13-28-14-12-24)18-5-1-2-6-19(18)22-21(27)25-9-7-23(8-10-25)16-17-4-3-15-29-17/h1-6,15H,7-14,16H2,(H,22,27). The van der Waals surface area contributed by atoms with Crippen LogP contribution in [0.2, 0.25) is 0 Å². The lowest BCUT2D eigenvalue weighted by atomic mass is 10.1. The number of anilines is 1. The zero-order valence-electron chi connectivity index (χ0n) is 16.4. The molecule has 7 nitrogen and oxygen atoms in total. The van der Waals surface area contributed by atoms with Crippen molar-refractivity contribution in [3.8, 4) is 0 Å². The van der Waals surface area contributed by atoms with Crippen molar-refractivity contribution in [3.05, 3.63) is 52.2 Å². The largest absolute Gasteiger partial charge is 0.378 e. The topological polar surface area (TPSA) is 65.1 Å². The highest BCUT2D eigenvalue weighted by molar-refractivity contribution is 7.09. The van der Waals surface area contributed by atoms with Crippen LogP contribution in [-0.4, -0.2) is 79.1 Å². The third-order valence-corrected chi connectivity index (χ3v) is 6.18. The Bertz CT molecular complexity index is 828. The summed E-state index contributed by atoms with van der Waals surface area (Å²) in [5.74, 6) is -0.0648. The number of carbonyl (C=O) groups excluding carboxylic acids is 2. The average Bonchev–Trinajstić information content (AvgIpc) is 3.28. The van der Waals surface area contributed by atoms with E-state index in [2.05, 4.69) is 27.7 Å². The maximum absolute atomic E-state index is 12.9. The van der Waals surface area contributed by atoms with Crippen molar-refractivity contribution < 1.29 is 14.3 Å².